The molecule has 4 aromatic rings. The molecule has 4 rings (SSSR count). The van der Waals surface area contributed by atoms with Crippen molar-refractivity contribution in [3.05, 3.63) is 54.1 Å². The van der Waals surface area contributed by atoms with Crippen LogP contribution in [0.3, 0.4) is 0 Å². The maximum Gasteiger partial charge on any atom is 0.241 e. The zero-order chi connectivity index (χ0) is 26.2. The number of carbonyl (C=O) groups excluding carboxylic acids is 1. The van der Waals surface area contributed by atoms with E-state index in [0.717, 1.165) is 23.9 Å². The van der Waals surface area contributed by atoms with Crippen molar-refractivity contribution >= 4 is 28.4 Å². The number of amides is 1. The first-order valence-electron chi connectivity index (χ1n) is 12.3. The van der Waals surface area contributed by atoms with Gasteiger partial charge in [-0.25, -0.2) is 9.61 Å². The number of anilines is 2. The highest BCUT2D eigenvalue weighted by atomic mass is 16.6. The van der Waals surface area contributed by atoms with Crippen LogP contribution in [-0.4, -0.2) is 56.6 Å². The van der Waals surface area contributed by atoms with Crippen LogP contribution in [0.25, 0.3) is 22.6 Å². The van der Waals surface area contributed by atoms with Gasteiger partial charge in [-0.3, -0.25) is 4.79 Å². The predicted molar refractivity (Wildman–Crippen MR) is 141 cm³/mol. The van der Waals surface area contributed by atoms with Gasteiger partial charge in [-0.05, 0) is 59.5 Å². The third-order valence-corrected chi connectivity index (χ3v) is 6.02. The van der Waals surface area contributed by atoms with Gasteiger partial charge < -0.3 is 37.5 Å². The third-order valence-electron chi connectivity index (χ3n) is 6.02. The van der Waals surface area contributed by atoms with Crippen LogP contribution in [0.4, 0.5) is 11.5 Å². The number of nitrogens with zero attached hydrogens (tertiary/aromatic N) is 4. The molecule has 1 amide bonds. The second-order valence-electron chi connectivity index (χ2n) is 8.73. The first-order valence-corrected chi connectivity index (χ1v) is 12.3. The van der Waals surface area contributed by atoms with E-state index in [-0.39, 0.29) is 12.5 Å². The topological polar surface area (TPSA) is 196 Å². The molecule has 196 valence electrons. The zero-order valence-corrected chi connectivity index (χ0v) is 20.5. The molecule has 0 aliphatic heterocycles. The molecule has 2 aromatic heterocycles. The minimum atomic E-state index is -0.861. The molecule has 2 heterocycles. The number of aromatic nitrogens is 4. The molecule has 0 saturated heterocycles. The van der Waals surface area contributed by atoms with Gasteiger partial charge in [0.15, 0.2) is 11.5 Å². The zero-order valence-electron chi connectivity index (χ0n) is 20.5. The number of fused-ring (bicyclic) bond motifs is 1. The molecule has 1 unspecified atom stereocenters. The number of rotatable bonds is 13. The van der Waals surface area contributed by atoms with Crippen LogP contribution in [-0.2, 0) is 11.3 Å². The van der Waals surface area contributed by atoms with Gasteiger partial charge in [0.05, 0.1) is 29.7 Å². The molecule has 0 aliphatic rings. The van der Waals surface area contributed by atoms with Crippen molar-refractivity contribution in [2.24, 2.45) is 17.2 Å². The molecule has 0 aliphatic carbocycles. The maximum absolute atomic E-state index is 12.3. The van der Waals surface area contributed by atoms with Gasteiger partial charge in [-0.1, -0.05) is 30.7 Å². The lowest BCUT2D eigenvalue weighted by atomic mass is 10.1. The molecule has 0 fully saturated rings. The van der Waals surface area contributed by atoms with Crippen molar-refractivity contribution in [1.82, 2.24) is 19.9 Å². The number of benzene rings is 2. The molecule has 9 N–H and O–H groups in total. The van der Waals surface area contributed by atoms with Crippen LogP contribution in [0.2, 0.25) is 0 Å². The first-order chi connectivity index (χ1) is 18.0. The van der Waals surface area contributed by atoms with E-state index in [9.17, 15) is 9.90 Å². The molecule has 12 nitrogen and oxygen atoms in total. The predicted octanol–water partition coefficient (Wildman–Crippen LogP) is 1.59. The maximum atomic E-state index is 12.3. The lowest BCUT2D eigenvalue weighted by Crippen LogP contribution is -2.35. The van der Waals surface area contributed by atoms with Crippen LogP contribution in [0.15, 0.2) is 53.2 Å². The van der Waals surface area contributed by atoms with Gasteiger partial charge in [0.2, 0.25) is 11.7 Å². The van der Waals surface area contributed by atoms with Crippen molar-refractivity contribution in [2.45, 2.75) is 38.0 Å². The Morgan fingerprint density at radius 3 is 2.59 bits per heavy atom. The highest BCUT2D eigenvalue weighted by Gasteiger charge is 2.22. The number of nitrogens with one attached hydrogen (secondary N) is 2. The number of para-hydroxylation sites is 2. The molecule has 12 heteroatoms. The third kappa shape index (κ3) is 6.30. The minimum absolute atomic E-state index is 0.205. The first kappa shape index (κ1) is 26.2. The second kappa shape index (κ2) is 12.4. The Balaban J connectivity index is 1.51. The molecule has 0 spiro atoms. The van der Waals surface area contributed by atoms with E-state index in [2.05, 4.69) is 20.9 Å². The minimum Gasteiger partial charge on any atom is -0.387 e. The molecular weight excluding hydrogens is 474 g/mol. The molecule has 2 atom stereocenters. The Morgan fingerprint density at radius 2 is 1.84 bits per heavy atom. The van der Waals surface area contributed by atoms with E-state index in [1.807, 2.05) is 28.8 Å². The summed E-state index contributed by atoms with van der Waals surface area (Å²) < 4.78 is 6.84. The summed E-state index contributed by atoms with van der Waals surface area (Å²) in [5.41, 5.74) is 20.4. The number of carbonyl (C=O) groups is 1. The van der Waals surface area contributed by atoms with Crippen LogP contribution in [0.1, 0.15) is 30.9 Å². The molecular formula is C25H33N9O3. The van der Waals surface area contributed by atoms with Crippen molar-refractivity contribution in [3.8, 4) is 11.5 Å². The van der Waals surface area contributed by atoms with Gasteiger partial charge in [-0.15, -0.1) is 0 Å². The summed E-state index contributed by atoms with van der Waals surface area (Å²) in [5, 5.41) is 25.0. The largest absolute Gasteiger partial charge is 0.387 e. The van der Waals surface area contributed by atoms with Gasteiger partial charge in [0.1, 0.15) is 0 Å². The molecule has 37 heavy (non-hydrogen) atoms. The summed E-state index contributed by atoms with van der Waals surface area (Å²) in [5.74, 6) is 0.687. The average Bonchev–Trinajstić information content (AvgIpc) is 3.52. The second-order valence-corrected chi connectivity index (χ2v) is 8.73. The van der Waals surface area contributed by atoms with Crippen molar-refractivity contribution in [2.75, 3.05) is 30.3 Å². The molecule has 2 aromatic carbocycles. The quantitative estimate of drug-likeness (QED) is 0.145. The van der Waals surface area contributed by atoms with Crippen LogP contribution in [0, 0.1) is 0 Å². The van der Waals surface area contributed by atoms with Crippen LogP contribution < -0.4 is 27.8 Å². The smallest absolute Gasteiger partial charge is 0.241 e. The van der Waals surface area contributed by atoms with E-state index in [1.54, 1.807) is 24.3 Å². The normalized spacial score (nSPS) is 13.0. The number of nitrogens with two attached hydrogens (primary N) is 3. The summed E-state index contributed by atoms with van der Waals surface area (Å²) >= 11 is 0. The standard InChI is InChI=1S/C25H33N9O3/c26-12-4-3-5-18(28)25(36)30-17-10-8-16(9-11-17)21(35)15-34-20-7-2-1-6-19(20)31-24(34)22-23(29-14-13-27)33-37-32-22/h1-2,6-11,18,21,35H,3-5,12-15,26-28H2,(H,29,33)(H,30,36)/t18-,21?/m0/s1. The van der Waals surface area contributed by atoms with E-state index >= 15 is 0 Å². The van der Waals surface area contributed by atoms with Crippen LogP contribution >= 0.6 is 0 Å². The molecule has 0 radical (unpaired) electrons. The lowest BCUT2D eigenvalue weighted by molar-refractivity contribution is -0.117. The van der Waals surface area contributed by atoms with Gasteiger partial charge in [-0.2, -0.15) is 0 Å². The van der Waals surface area contributed by atoms with Gasteiger partial charge in [0, 0.05) is 18.8 Å². The van der Waals surface area contributed by atoms with Gasteiger partial charge in [0.25, 0.3) is 0 Å². The Bertz CT molecular complexity index is 1300. The molecule has 0 saturated carbocycles. The number of aliphatic hydroxyl groups is 1. The number of unbranched alkanes of at least 4 members (excludes halogenated alkanes) is 1. The lowest BCUT2D eigenvalue weighted by Gasteiger charge is -2.16. The summed E-state index contributed by atoms with van der Waals surface area (Å²) in [6.07, 6.45) is 1.35. The Kier molecular flexibility index (Phi) is 8.80. The number of hydrogen-bond donors (Lipinski definition) is 6. The number of imidazole rings is 1. The summed E-state index contributed by atoms with van der Waals surface area (Å²) in [6, 6.07) is 14.0. The monoisotopic (exact) mass is 507 g/mol. The van der Waals surface area contributed by atoms with Crippen molar-refractivity contribution < 1.29 is 14.5 Å². The Morgan fingerprint density at radius 1 is 1.05 bits per heavy atom. The van der Waals surface area contributed by atoms with Crippen molar-refractivity contribution in [3.63, 3.8) is 0 Å². The highest BCUT2D eigenvalue weighted by molar-refractivity contribution is 5.94. The fourth-order valence-corrected chi connectivity index (χ4v) is 4.02. The van der Waals surface area contributed by atoms with E-state index in [0.29, 0.717) is 54.6 Å². The fourth-order valence-electron chi connectivity index (χ4n) is 4.02. The SMILES string of the molecule is NCCCC[C@H](N)C(=O)Nc1ccc(C(O)Cn2c(-c3nonc3NCCN)nc3ccccc32)cc1. The van der Waals surface area contributed by atoms with E-state index in [4.69, 9.17) is 26.8 Å². The van der Waals surface area contributed by atoms with E-state index < -0.39 is 12.1 Å². The van der Waals surface area contributed by atoms with E-state index in [1.165, 1.54) is 0 Å². The number of hydrogen-bond acceptors (Lipinski definition) is 10. The van der Waals surface area contributed by atoms with Crippen molar-refractivity contribution in [1.29, 1.82) is 0 Å². The Hall–Kier alpha value is -3.84. The van der Waals surface area contributed by atoms with Gasteiger partial charge >= 0.3 is 0 Å². The number of aliphatic hydroxyl groups excluding tert-OH is 1. The highest BCUT2D eigenvalue weighted by Crippen LogP contribution is 2.30. The summed E-state index contributed by atoms with van der Waals surface area (Å²) in [7, 11) is 0. The Labute approximate surface area is 214 Å². The molecule has 0 bridgehead atoms. The fraction of sp³-hybridized carbons (Fsp3) is 0.360. The summed E-state index contributed by atoms with van der Waals surface area (Å²) in [4.78, 5) is 17.1. The average molecular weight is 508 g/mol. The summed E-state index contributed by atoms with van der Waals surface area (Å²) in [6.45, 7) is 1.69. The van der Waals surface area contributed by atoms with Crippen LogP contribution in [0.5, 0.6) is 0 Å².